The number of benzene rings is 1. The maximum absolute atomic E-state index is 12.9. The molecule has 0 spiro atoms. The van der Waals surface area contributed by atoms with E-state index in [-0.39, 0.29) is 11.3 Å². The predicted molar refractivity (Wildman–Crippen MR) is 79.2 cm³/mol. The number of alkyl halides is 3. The summed E-state index contributed by atoms with van der Waals surface area (Å²) in [5, 5.41) is 24.2. The number of aromatic nitrogens is 2. The summed E-state index contributed by atoms with van der Waals surface area (Å²) < 4.78 is 39.4. The number of hydrogen-bond donors (Lipinski definition) is 3. The predicted octanol–water partition coefficient (Wildman–Crippen LogP) is 1.46. The first-order valence-corrected chi connectivity index (χ1v) is 6.98. The lowest BCUT2D eigenvalue weighted by atomic mass is 10.1. The third kappa shape index (κ3) is 4.15. The molecule has 0 aliphatic rings. The molecule has 134 valence electrons. The number of aliphatic carboxylic acids is 1. The van der Waals surface area contributed by atoms with Crippen molar-refractivity contribution in [1.29, 1.82) is 0 Å². The fraction of sp³-hybridized carbons (Fsp3) is 0.267. The van der Waals surface area contributed by atoms with E-state index in [1.807, 2.05) is 0 Å². The SMILES string of the molecule is CC(O)(CNC(=O)c1cccc(-n2nccc2C(F)(F)F)c1)C(=O)O. The molecular formula is C15H14F3N3O4. The van der Waals surface area contributed by atoms with Gasteiger partial charge in [-0.15, -0.1) is 0 Å². The van der Waals surface area contributed by atoms with Crippen LogP contribution >= 0.6 is 0 Å². The maximum atomic E-state index is 12.9. The van der Waals surface area contributed by atoms with E-state index in [0.29, 0.717) is 4.68 Å². The van der Waals surface area contributed by atoms with Crippen LogP contribution in [0, 0.1) is 0 Å². The molecule has 1 atom stereocenters. The molecule has 0 saturated heterocycles. The van der Waals surface area contributed by atoms with Gasteiger partial charge in [0.25, 0.3) is 5.91 Å². The Labute approximate surface area is 139 Å². The van der Waals surface area contributed by atoms with Crippen molar-refractivity contribution in [2.75, 3.05) is 6.54 Å². The third-order valence-electron chi connectivity index (χ3n) is 3.34. The highest BCUT2D eigenvalue weighted by atomic mass is 19.4. The lowest BCUT2D eigenvalue weighted by Crippen LogP contribution is -2.46. The molecule has 1 amide bonds. The molecule has 1 aromatic heterocycles. The first kappa shape index (κ1) is 18.5. The normalized spacial score (nSPS) is 14.0. The number of carbonyl (C=O) groups is 2. The van der Waals surface area contributed by atoms with Gasteiger partial charge in [-0.25, -0.2) is 9.48 Å². The fourth-order valence-electron chi connectivity index (χ4n) is 1.93. The van der Waals surface area contributed by atoms with E-state index >= 15 is 0 Å². The van der Waals surface area contributed by atoms with Gasteiger partial charge in [0.2, 0.25) is 0 Å². The van der Waals surface area contributed by atoms with E-state index in [1.54, 1.807) is 0 Å². The zero-order valence-corrected chi connectivity index (χ0v) is 12.9. The van der Waals surface area contributed by atoms with Gasteiger partial charge in [0.15, 0.2) is 5.60 Å². The second-order valence-electron chi connectivity index (χ2n) is 5.44. The number of carboxylic acids is 1. The van der Waals surface area contributed by atoms with Crippen molar-refractivity contribution in [2.45, 2.75) is 18.7 Å². The Balaban J connectivity index is 2.24. The molecule has 1 unspecified atom stereocenters. The van der Waals surface area contributed by atoms with Crippen molar-refractivity contribution in [3.05, 3.63) is 47.8 Å². The average molecular weight is 357 g/mol. The minimum absolute atomic E-state index is 0.00923. The number of rotatable bonds is 5. The number of hydrogen-bond acceptors (Lipinski definition) is 4. The number of nitrogens with zero attached hydrogens (tertiary/aromatic N) is 2. The second kappa shape index (κ2) is 6.55. The van der Waals surface area contributed by atoms with Crippen LogP contribution in [0.3, 0.4) is 0 Å². The molecule has 3 N–H and O–H groups in total. The Morgan fingerprint density at radius 1 is 1.28 bits per heavy atom. The van der Waals surface area contributed by atoms with Crippen molar-refractivity contribution in [3.63, 3.8) is 0 Å². The Kier molecular flexibility index (Phi) is 4.84. The summed E-state index contributed by atoms with van der Waals surface area (Å²) in [7, 11) is 0. The molecule has 25 heavy (non-hydrogen) atoms. The van der Waals surface area contributed by atoms with Crippen LogP contribution in [-0.4, -0.2) is 44.0 Å². The third-order valence-corrected chi connectivity index (χ3v) is 3.34. The molecule has 2 aromatic rings. The van der Waals surface area contributed by atoms with E-state index in [0.717, 1.165) is 19.2 Å². The van der Waals surface area contributed by atoms with E-state index in [1.165, 1.54) is 24.3 Å². The highest BCUT2D eigenvalue weighted by Gasteiger charge is 2.35. The van der Waals surface area contributed by atoms with E-state index in [4.69, 9.17) is 5.11 Å². The summed E-state index contributed by atoms with van der Waals surface area (Å²) in [5.41, 5.74) is -3.17. The Bertz CT molecular complexity index is 799. The minimum Gasteiger partial charge on any atom is -0.479 e. The largest absolute Gasteiger partial charge is 0.479 e. The number of aliphatic hydroxyl groups is 1. The zero-order valence-electron chi connectivity index (χ0n) is 12.9. The molecule has 2 rings (SSSR count). The highest BCUT2D eigenvalue weighted by Crippen LogP contribution is 2.30. The van der Waals surface area contributed by atoms with Crippen LogP contribution < -0.4 is 5.32 Å². The summed E-state index contributed by atoms with van der Waals surface area (Å²) in [4.78, 5) is 22.8. The molecular weight excluding hydrogens is 343 g/mol. The lowest BCUT2D eigenvalue weighted by molar-refractivity contribution is -0.155. The van der Waals surface area contributed by atoms with Gasteiger partial charge in [-0.1, -0.05) is 6.07 Å². The molecule has 0 aliphatic carbocycles. The number of carbonyl (C=O) groups excluding carboxylic acids is 1. The van der Waals surface area contributed by atoms with Crippen molar-refractivity contribution in [3.8, 4) is 5.69 Å². The summed E-state index contributed by atoms with van der Waals surface area (Å²) in [5.74, 6) is -2.27. The first-order chi connectivity index (χ1) is 11.5. The molecule has 1 aromatic carbocycles. The Hall–Kier alpha value is -2.88. The summed E-state index contributed by atoms with van der Waals surface area (Å²) in [6.07, 6.45) is -3.63. The molecule has 0 saturated carbocycles. The van der Waals surface area contributed by atoms with Crippen LogP contribution in [0.1, 0.15) is 23.0 Å². The second-order valence-corrected chi connectivity index (χ2v) is 5.44. The van der Waals surface area contributed by atoms with Crippen LogP contribution in [0.5, 0.6) is 0 Å². The van der Waals surface area contributed by atoms with Gasteiger partial charge in [0.05, 0.1) is 18.4 Å². The standard InChI is InChI=1S/C15H14F3N3O4/c1-14(25,13(23)24)8-19-12(22)9-3-2-4-10(7-9)21-11(5-6-20-21)15(16,17)18/h2-7,25H,8H2,1H3,(H,19,22)(H,23,24). The first-order valence-electron chi connectivity index (χ1n) is 6.98. The van der Waals surface area contributed by atoms with Gasteiger partial charge in [-0.05, 0) is 31.2 Å². The van der Waals surface area contributed by atoms with Crippen LogP contribution in [0.25, 0.3) is 5.69 Å². The topological polar surface area (TPSA) is 104 Å². The van der Waals surface area contributed by atoms with Gasteiger partial charge in [0.1, 0.15) is 5.69 Å². The molecule has 1 heterocycles. The Morgan fingerprint density at radius 2 is 1.96 bits per heavy atom. The van der Waals surface area contributed by atoms with E-state index in [2.05, 4.69) is 10.4 Å². The van der Waals surface area contributed by atoms with Crippen LogP contribution in [0.4, 0.5) is 13.2 Å². The summed E-state index contributed by atoms with van der Waals surface area (Å²) in [6, 6.07) is 6.02. The number of nitrogens with one attached hydrogen (secondary N) is 1. The molecule has 0 aliphatic heterocycles. The Morgan fingerprint density at radius 3 is 2.56 bits per heavy atom. The zero-order chi connectivity index (χ0) is 18.8. The van der Waals surface area contributed by atoms with E-state index < -0.39 is 35.9 Å². The van der Waals surface area contributed by atoms with Crippen LogP contribution in [-0.2, 0) is 11.0 Å². The average Bonchev–Trinajstić information content (AvgIpc) is 3.02. The van der Waals surface area contributed by atoms with Crippen molar-refractivity contribution in [2.24, 2.45) is 0 Å². The molecule has 0 radical (unpaired) electrons. The van der Waals surface area contributed by atoms with Gasteiger partial charge in [-0.3, -0.25) is 4.79 Å². The van der Waals surface area contributed by atoms with Gasteiger partial charge in [0, 0.05) is 5.56 Å². The fourth-order valence-corrected chi connectivity index (χ4v) is 1.93. The highest BCUT2D eigenvalue weighted by molar-refractivity contribution is 5.95. The molecule has 0 fully saturated rings. The smallest absolute Gasteiger partial charge is 0.433 e. The minimum atomic E-state index is -4.62. The monoisotopic (exact) mass is 357 g/mol. The van der Waals surface area contributed by atoms with Gasteiger partial charge in [-0.2, -0.15) is 18.3 Å². The van der Waals surface area contributed by atoms with Gasteiger partial charge >= 0.3 is 12.1 Å². The van der Waals surface area contributed by atoms with E-state index in [9.17, 15) is 27.9 Å². The summed E-state index contributed by atoms with van der Waals surface area (Å²) >= 11 is 0. The van der Waals surface area contributed by atoms with Crippen LogP contribution in [0.2, 0.25) is 0 Å². The van der Waals surface area contributed by atoms with Crippen molar-refractivity contribution in [1.82, 2.24) is 15.1 Å². The quantitative estimate of drug-likeness (QED) is 0.751. The number of carboxylic acid groups (broad SMARTS) is 1. The molecule has 10 heteroatoms. The van der Waals surface area contributed by atoms with Gasteiger partial charge < -0.3 is 15.5 Å². The van der Waals surface area contributed by atoms with Crippen molar-refractivity contribution < 1.29 is 33.0 Å². The maximum Gasteiger partial charge on any atom is 0.433 e. The summed E-state index contributed by atoms with van der Waals surface area (Å²) in [6.45, 7) is 0.437. The van der Waals surface area contributed by atoms with Crippen molar-refractivity contribution >= 4 is 11.9 Å². The number of halogens is 3. The number of amides is 1. The lowest BCUT2D eigenvalue weighted by Gasteiger charge is -2.18. The molecule has 7 nitrogen and oxygen atoms in total. The van der Waals surface area contributed by atoms with Crippen LogP contribution in [0.15, 0.2) is 36.5 Å². The molecule has 0 bridgehead atoms.